The van der Waals surface area contributed by atoms with Crippen LogP contribution in [0.1, 0.15) is 62.2 Å². The van der Waals surface area contributed by atoms with Crippen LogP contribution < -0.4 is 5.32 Å². The van der Waals surface area contributed by atoms with Crippen molar-refractivity contribution in [3.05, 3.63) is 29.8 Å². The Labute approximate surface area is 159 Å². The van der Waals surface area contributed by atoms with Crippen molar-refractivity contribution in [1.82, 2.24) is 4.90 Å². The Bertz CT molecular complexity index is 701. The Morgan fingerprint density at radius 2 is 1.70 bits per heavy atom. The van der Waals surface area contributed by atoms with Gasteiger partial charge in [0.25, 0.3) is 5.91 Å². The van der Waals surface area contributed by atoms with E-state index in [2.05, 4.69) is 12.2 Å². The van der Waals surface area contributed by atoms with Crippen molar-refractivity contribution in [3.8, 4) is 0 Å². The number of carboxylic acid groups (broad SMARTS) is 1. The monoisotopic (exact) mass is 372 g/mol. The summed E-state index contributed by atoms with van der Waals surface area (Å²) >= 11 is 0. The lowest BCUT2D eigenvalue weighted by molar-refractivity contribution is -0.143. The van der Waals surface area contributed by atoms with Gasteiger partial charge in [-0.3, -0.25) is 14.4 Å². The number of piperidine rings is 1. The van der Waals surface area contributed by atoms with Crippen LogP contribution in [0.5, 0.6) is 0 Å². The number of nitrogens with zero attached hydrogens (tertiary/aromatic N) is 1. The zero-order valence-electron chi connectivity index (χ0n) is 15.8. The first-order valence-corrected chi connectivity index (χ1v) is 9.90. The highest BCUT2D eigenvalue weighted by molar-refractivity contribution is 5.96. The topological polar surface area (TPSA) is 86.7 Å². The molecule has 6 nitrogen and oxygen atoms in total. The number of rotatable bonds is 4. The molecule has 0 radical (unpaired) electrons. The second-order valence-electron chi connectivity index (χ2n) is 7.81. The molecule has 146 valence electrons. The largest absolute Gasteiger partial charge is 0.481 e. The molecule has 0 aromatic heterocycles. The van der Waals surface area contributed by atoms with Crippen molar-refractivity contribution < 1.29 is 19.5 Å². The van der Waals surface area contributed by atoms with Crippen LogP contribution in [0, 0.1) is 11.8 Å². The van der Waals surface area contributed by atoms with Crippen LogP contribution in [0.3, 0.4) is 0 Å². The lowest BCUT2D eigenvalue weighted by atomic mass is 9.81. The van der Waals surface area contributed by atoms with Crippen LogP contribution in [0.25, 0.3) is 0 Å². The fourth-order valence-corrected chi connectivity index (χ4v) is 4.16. The van der Waals surface area contributed by atoms with E-state index < -0.39 is 11.9 Å². The molecule has 1 saturated heterocycles. The molecular formula is C21H28N2O4. The number of carbonyl (C=O) groups is 3. The molecule has 3 unspecified atom stereocenters. The zero-order valence-corrected chi connectivity index (χ0v) is 15.8. The summed E-state index contributed by atoms with van der Waals surface area (Å²) in [5.41, 5.74) is 1.27. The predicted octanol–water partition coefficient (Wildman–Crippen LogP) is 3.53. The number of carbonyl (C=O) groups excluding carboxylic acids is 2. The van der Waals surface area contributed by atoms with Crippen LogP contribution in [0.2, 0.25) is 0 Å². The lowest BCUT2D eigenvalue weighted by Crippen LogP contribution is -2.42. The molecule has 2 N–H and O–H groups in total. The van der Waals surface area contributed by atoms with Crippen molar-refractivity contribution in [2.45, 2.75) is 57.9 Å². The minimum atomic E-state index is -0.817. The van der Waals surface area contributed by atoms with Crippen LogP contribution in [-0.2, 0) is 9.59 Å². The molecule has 1 heterocycles. The molecule has 1 aromatic rings. The molecule has 2 aliphatic rings. The second-order valence-corrected chi connectivity index (χ2v) is 7.81. The Morgan fingerprint density at radius 1 is 1.00 bits per heavy atom. The fourth-order valence-electron chi connectivity index (χ4n) is 4.16. The Hall–Kier alpha value is -2.37. The summed E-state index contributed by atoms with van der Waals surface area (Å²) in [5, 5.41) is 12.0. The molecule has 3 atom stereocenters. The molecule has 1 aliphatic carbocycles. The van der Waals surface area contributed by atoms with E-state index in [0.29, 0.717) is 24.1 Å². The Balaban J connectivity index is 1.59. The third-order valence-corrected chi connectivity index (χ3v) is 5.86. The van der Waals surface area contributed by atoms with Gasteiger partial charge in [-0.15, -0.1) is 0 Å². The highest BCUT2D eigenvalue weighted by atomic mass is 16.4. The Kier molecular flexibility index (Phi) is 6.14. The van der Waals surface area contributed by atoms with Gasteiger partial charge in [0, 0.05) is 29.8 Å². The van der Waals surface area contributed by atoms with Crippen molar-refractivity contribution in [2.75, 3.05) is 11.9 Å². The van der Waals surface area contributed by atoms with Gasteiger partial charge in [0.2, 0.25) is 5.91 Å². The molecule has 0 spiro atoms. The van der Waals surface area contributed by atoms with Crippen LogP contribution in [0.4, 0.5) is 5.69 Å². The van der Waals surface area contributed by atoms with E-state index >= 15 is 0 Å². The number of hydrogen-bond acceptors (Lipinski definition) is 3. The average molecular weight is 372 g/mol. The van der Waals surface area contributed by atoms with Crippen molar-refractivity contribution in [1.29, 1.82) is 0 Å². The zero-order chi connectivity index (χ0) is 19.4. The summed E-state index contributed by atoms with van der Waals surface area (Å²) in [4.78, 5) is 38.2. The van der Waals surface area contributed by atoms with E-state index in [1.54, 1.807) is 24.3 Å². The van der Waals surface area contributed by atoms with Crippen LogP contribution in [-0.4, -0.2) is 40.4 Å². The van der Waals surface area contributed by atoms with Gasteiger partial charge in [0.1, 0.15) is 0 Å². The molecule has 3 rings (SSSR count). The number of amides is 2. The normalized spacial score (nSPS) is 25.7. The van der Waals surface area contributed by atoms with E-state index in [4.69, 9.17) is 5.11 Å². The van der Waals surface area contributed by atoms with E-state index in [9.17, 15) is 14.4 Å². The first kappa shape index (κ1) is 19.4. The molecule has 6 heteroatoms. The SMILES string of the molecule is CC1CCCCN1C(=O)c1ccc(NC(=O)C2CCCC(C(=O)O)C2)cc1. The van der Waals surface area contributed by atoms with Gasteiger partial charge in [0.15, 0.2) is 0 Å². The molecule has 1 aliphatic heterocycles. The highest BCUT2D eigenvalue weighted by Crippen LogP contribution is 2.30. The summed E-state index contributed by atoms with van der Waals surface area (Å²) in [6, 6.07) is 7.26. The smallest absolute Gasteiger partial charge is 0.306 e. The van der Waals surface area contributed by atoms with E-state index in [1.165, 1.54) is 6.42 Å². The average Bonchev–Trinajstić information content (AvgIpc) is 2.68. The number of aliphatic carboxylic acids is 1. The second kappa shape index (κ2) is 8.55. The van der Waals surface area contributed by atoms with Gasteiger partial charge >= 0.3 is 5.97 Å². The first-order valence-electron chi connectivity index (χ1n) is 9.90. The number of anilines is 1. The summed E-state index contributed by atoms with van der Waals surface area (Å²) in [7, 11) is 0. The van der Waals surface area contributed by atoms with Gasteiger partial charge in [-0.2, -0.15) is 0 Å². The van der Waals surface area contributed by atoms with E-state index in [1.807, 2.05) is 4.90 Å². The van der Waals surface area contributed by atoms with Crippen LogP contribution >= 0.6 is 0 Å². The maximum absolute atomic E-state index is 12.7. The van der Waals surface area contributed by atoms with Gasteiger partial charge < -0.3 is 15.3 Å². The predicted molar refractivity (Wildman–Crippen MR) is 103 cm³/mol. The summed E-state index contributed by atoms with van der Waals surface area (Å²) < 4.78 is 0. The van der Waals surface area contributed by atoms with Gasteiger partial charge in [-0.1, -0.05) is 6.42 Å². The summed E-state index contributed by atoms with van der Waals surface area (Å²) in [5.74, 6) is -1.61. The number of carboxylic acids is 1. The van der Waals surface area contributed by atoms with E-state index in [0.717, 1.165) is 32.2 Å². The third kappa shape index (κ3) is 4.67. The number of benzene rings is 1. The first-order chi connectivity index (χ1) is 13.0. The van der Waals surface area contributed by atoms with Gasteiger partial charge in [-0.05, 0) is 69.7 Å². The molecule has 2 amide bonds. The highest BCUT2D eigenvalue weighted by Gasteiger charge is 2.31. The minimum Gasteiger partial charge on any atom is -0.481 e. The summed E-state index contributed by atoms with van der Waals surface area (Å²) in [6.07, 6.45) is 5.77. The molecule has 27 heavy (non-hydrogen) atoms. The molecule has 0 bridgehead atoms. The maximum Gasteiger partial charge on any atom is 0.306 e. The molecule has 1 aromatic carbocycles. The fraction of sp³-hybridized carbons (Fsp3) is 0.571. The van der Waals surface area contributed by atoms with Crippen molar-refractivity contribution in [2.24, 2.45) is 11.8 Å². The standard InChI is InChI=1S/C21H28N2O4/c1-14-5-2-3-12-23(14)20(25)15-8-10-18(11-9-15)22-19(24)16-6-4-7-17(13-16)21(26)27/h8-11,14,16-17H,2-7,12-13H2,1H3,(H,22,24)(H,26,27). The van der Waals surface area contributed by atoms with Crippen LogP contribution in [0.15, 0.2) is 24.3 Å². The Morgan fingerprint density at radius 3 is 2.37 bits per heavy atom. The molecule has 2 fully saturated rings. The number of nitrogens with one attached hydrogen (secondary N) is 1. The van der Waals surface area contributed by atoms with Crippen molar-refractivity contribution in [3.63, 3.8) is 0 Å². The molecule has 1 saturated carbocycles. The molecular weight excluding hydrogens is 344 g/mol. The summed E-state index contributed by atoms with van der Waals surface area (Å²) in [6.45, 7) is 2.88. The van der Waals surface area contributed by atoms with Gasteiger partial charge in [-0.25, -0.2) is 0 Å². The maximum atomic E-state index is 12.7. The minimum absolute atomic E-state index is 0.0386. The number of hydrogen-bond donors (Lipinski definition) is 2. The van der Waals surface area contributed by atoms with E-state index in [-0.39, 0.29) is 23.8 Å². The van der Waals surface area contributed by atoms with Gasteiger partial charge in [0.05, 0.1) is 5.92 Å². The number of likely N-dealkylation sites (tertiary alicyclic amines) is 1. The van der Waals surface area contributed by atoms with Crippen molar-refractivity contribution >= 4 is 23.5 Å². The quantitative estimate of drug-likeness (QED) is 0.846. The third-order valence-electron chi connectivity index (χ3n) is 5.86. The lowest BCUT2D eigenvalue weighted by Gasteiger charge is -2.33.